The Bertz CT molecular complexity index is 777. The molecule has 1 aliphatic rings. The maximum absolute atomic E-state index is 11.6. The molecule has 4 N–H and O–H groups in total. The molecule has 0 unspecified atom stereocenters. The third-order valence-corrected chi connectivity index (χ3v) is 4.67. The van der Waals surface area contributed by atoms with Gasteiger partial charge in [0.1, 0.15) is 5.56 Å². The van der Waals surface area contributed by atoms with Crippen molar-refractivity contribution in [2.75, 3.05) is 5.32 Å². The normalized spacial score (nSPS) is 20.9. The SMILES string of the molecule is CCn1ncc2c(N[C@H]3CC[C@@H](C(N)=O)CC3)c(C(=O)O)cnc21. The number of hydrogen-bond donors (Lipinski definition) is 3. The third kappa shape index (κ3) is 2.91. The summed E-state index contributed by atoms with van der Waals surface area (Å²) < 4.78 is 1.73. The number of aromatic carboxylic acids is 1. The van der Waals surface area contributed by atoms with Crippen molar-refractivity contribution in [3.05, 3.63) is 18.0 Å². The lowest BCUT2D eigenvalue weighted by Gasteiger charge is -2.28. The van der Waals surface area contributed by atoms with Crippen molar-refractivity contribution in [2.24, 2.45) is 11.7 Å². The number of aryl methyl sites for hydroxylation is 1. The molecule has 2 aromatic heterocycles. The van der Waals surface area contributed by atoms with E-state index in [0.717, 1.165) is 25.7 Å². The molecule has 0 atom stereocenters. The lowest BCUT2D eigenvalue weighted by Crippen LogP contribution is -2.32. The van der Waals surface area contributed by atoms with E-state index in [1.165, 1.54) is 6.20 Å². The van der Waals surface area contributed by atoms with E-state index in [0.29, 0.717) is 23.3 Å². The number of primary amides is 1. The van der Waals surface area contributed by atoms with E-state index in [1.807, 2.05) is 6.92 Å². The van der Waals surface area contributed by atoms with Crippen molar-refractivity contribution in [3.8, 4) is 0 Å². The summed E-state index contributed by atoms with van der Waals surface area (Å²) >= 11 is 0. The summed E-state index contributed by atoms with van der Waals surface area (Å²) in [5.74, 6) is -1.36. The van der Waals surface area contributed by atoms with Crippen LogP contribution in [0.5, 0.6) is 0 Å². The Hall–Kier alpha value is -2.64. The number of aromatic nitrogens is 3. The Kier molecular flexibility index (Phi) is 4.37. The quantitative estimate of drug-likeness (QED) is 0.765. The van der Waals surface area contributed by atoms with Crippen LogP contribution in [0.1, 0.15) is 43.0 Å². The number of rotatable bonds is 5. The molecule has 0 spiro atoms. The van der Waals surface area contributed by atoms with Gasteiger partial charge < -0.3 is 16.2 Å². The molecular weight excluding hydrogens is 310 g/mol. The topological polar surface area (TPSA) is 123 Å². The van der Waals surface area contributed by atoms with Crippen LogP contribution >= 0.6 is 0 Å². The molecule has 8 nitrogen and oxygen atoms in total. The molecule has 2 aromatic rings. The monoisotopic (exact) mass is 331 g/mol. The van der Waals surface area contributed by atoms with Crippen LogP contribution in [0.4, 0.5) is 5.69 Å². The second-order valence-electron chi connectivity index (χ2n) is 6.14. The molecular formula is C16H21N5O3. The molecule has 128 valence electrons. The first kappa shape index (κ1) is 16.2. The number of hydrogen-bond acceptors (Lipinski definition) is 5. The van der Waals surface area contributed by atoms with Crippen molar-refractivity contribution in [1.82, 2.24) is 14.8 Å². The maximum Gasteiger partial charge on any atom is 0.339 e. The van der Waals surface area contributed by atoms with Crippen molar-refractivity contribution >= 4 is 28.6 Å². The van der Waals surface area contributed by atoms with Crippen LogP contribution in [0.25, 0.3) is 11.0 Å². The highest BCUT2D eigenvalue weighted by Gasteiger charge is 2.26. The van der Waals surface area contributed by atoms with Crippen LogP contribution < -0.4 is 11.1 Å². The van der Waals surface area contributed by atoms with Gasteiger partial charge in [0.05, 0.1) is 17.3 Å². The number of carboxylic acid groups (broad SMARTS) is 1. The van der Waals surface area contributed by atoms with Gasteiger partial charge in [-0.25, -0.2) is 14.5 Å². The fourth-order valence-electron chi connectivity index (χ4n) is 3.30. The number of anilines is 1. The molecule has 0 aliphatic heterocycles. The van der Waals surface area contributed by atoms with E-state index in [-0.39, 0.29) is 23.4 Å². The number of carbonyl (C=O) groups is 2. The number of nitrogens with one attached hydrogen (secondary N) is 1. The number of carbonyl (C=O) groups excluding carboxylic acids is 1. The van der Waals surface area contributed by atoms with Crippen LogP contribution in [0.15, 0.2) is 12.4 Å². The standard InChI is InChI=1S/C16H21N5O3/c1-2-21-15-11(8-19-21)13(12(7-18-15)16(23)24)20-10-5-3-9(4-6-10)14(17)22/h7-10H,2-6H2,1H3,(H2,17,22)(H,18,20)(H,23,24)/t9-,10+. The first-order valence-corrected chi connectivity index (χ1v) is 8.15. The summed E-state index contributed by atoms with van der Waals surface area (Å²) in [5.41, 5.74) is 6.71. The van der Waals surface area contributed by atoms with Crippen LogP contribution in [-0.2, 0) is 11.3 Å². The number of nitrogens with zero attached hydrogens (tertiary/aromatic N) is 3. The minimum Gasteiger partial charge on any atom is -0.478 e. The molecule has 0 bridgehead atoms. The number of nitrogens with two attached hydrogens (primary N) is 1. The summed E-state index contributed by atoms with van der Waals surface area (Å²) in [6.45, 7) is 2.61. The number of pyridine rings is 1. The zero-order valence-corrected chi connectivity index (χ0v) is 13.5. The second-order valence-corrected chi connectivity index (χ2v) is 6.14. The van der Waals surface area contributed by atoms with Crippen LogP contribution in [0.2, 0.25) is 0 Å². The average molecular weight is 331 g/mol. The van der Waals surface area contributed by atoms with Gasteiger partial charge in [0.2, 0.25) is 5.91 Å². The molecule has 0 radical (unpaired) electrons. The van der Waals surface area contributed by atoms with E-state index in [9.17, 15) is 14.7 Å². The molecule has 1 aliphatic carbocycles. The first-order chi connectivity index (χ1) is 11.5. The Morgan fingerprint density at radius 1 is 1.33 bits per heavy atom. The molecule has 3 rings (SSSR count). The molecule has 1 amide bonds. The first-order valence-electron chi connectivity index (χ1n) is 8.15. The van der Waals surface area contributed by atoms with E-state index in [4.69, 9.17) is 5.73 Å². The summed E-state index contributed by atoms with van der Waals surface area (Å²) in [7, 11) is 0. The highest BCUT2D eigenvalue weighted by molar-refractivity contribution is 6.03. The van der Waals surface area contributed by atoms with Crippen LogP contribution in [0.3, 0.4) is 0 Å². The van der Waals surface area contributed by atoms with Crippen molar-refractivity contribution in [1.29, 1.82) is 0 Å². The highest BCUT2D eigenvalue weighted by atomic mass is 16.4. The van der Waals surface area contributed by atoms with Gasteiger partial charge >= 0.3 is 5.97 Å². The Morgan fingerprint density at radius 3 is 2.62 bits per heavy atom. The minimum atomic E-state index is -1.03. The number of amides is 1. The summed E-state index contributed by atoms with van der Waals surface area (Å²) in [5, 5.41) is 17.8. The van der Waals surface area contributed by atoms with Gasteiger partial charge in [0.15, 0.2) is 5.65 Å². The van der Waals surface area contributed by atoms with E-state index in [1.54, 1.807) is 10.9 Å². The molecule has 1 fully saturated rings. The summed E-state index contributed by atoms with van der Waals surface area (Å²) in [4.78, 5) is 27.1. The Balaban J connectivity index is 1.90. The molecule has 2 heterocycles. The van der Waals surface area contributed by atoms with Crippen molar-refractivity contribution in [3.63, 3.8) is 0 Å². The van der Waals surface area contributed by atoms with Gasteiger partial charge in [-0.05, 0) is 32.6 Å². The van der Waals surface area contributed by atoms with Crippen molar-refractivity contribution < 1.29 is 14.7 Å². The minimum absolute atomic E-state index is 0.0812. The third-order valence-electron chi connectivity index (χ3n) is 4.67. The maximum atomic E-state index is 11.6. The Labute approximate surface area is 139 Å². The largest absolute Gasteiger partial charge is 0.478 e. The lowest BCUT2D eigenvalue weighted by molar-refractivity contribution is -0.122. The van der Waals surface area contributed by atoms with Gasteiger partial charge in [-0.15, -0.1) is 0 Å². The fourth-order valence-corrected chi connectivity index (χ4v) is 3.30. The number of fused-ring (bicyclic) bond motifs is 1. The van der Waals surface area contributed by atoms with Crippen LogP contribution in [0, 0.1) is 5.92 Å². The highest BCUT2D eigenvalue weighted by Crippen LogP contribution is 2.31. The van der Waals surface area contributed by atoms with Gasteiger partial charge in [-0.1, -0.05) is 0 Å². The van der Waals surface area contributed by atoms with Gasteiger partial charge in [0.25, 0.3) is 0 Å². The predicted octanol–water partition coefficient (Wildman–Crippen LogP) is 1.61. The van der Waals surface area contributed by atoms with E-state index < -0.39 is 5.97 Å². The van der Waals surface area contributed by atoms with E-state index >= 15 is 0 Å². The zero-order chi connectivity index (χ0) is 17.3. The summed E-state index contributed by atoms with van der Waals surface area (Å²) in [6.07, 6.45) is 6.01. The zero-order valence-electron chi connectivity index (χ0n) is 13.5. The van der Waals surface area contributed by atoms with Gasteiger partial charge in [-0.3, -0.25) is 4.79 Å². The summed E-state index contributed by atoms with van der Waals surface area (Å²) in [6, 6.07) is 0.106. The molecule has 0 aromatic carbocycles. The Morgan fingerprint density at radius 2 is 2.04 bits per heavy atom. The molecule has 8 heteroatoms. The number of carboxylic acids is 1. The van der Waals surface area contributed by atoms with Crippen LogP contribution in [-0.4, -0.2) is 37.8 Å². The predicted molar refractivity (Wildman–Crippen MR) is 88.7 cm³/mol. The van der Waals surface area contributed by atoms with Crippen molar-refractivity contribution in [2.45, 2.75) is 45.2 Å². The molecule has 24 heavy (non-hydrogen) atoms. The lowest BCUT2D eigenvalue weighted by atomic mass is 9.85. The van der Waals surface area contributed by atoms with Gasteiger partial charge in [0, 0.05) is 24.7 Å². The average Bonchev–Trinajstić information content (AvgIpc) is 2.99. The van der Waals surface area contributed by atoms with E-state index in [2.05, 4.69) is 15.4 Å². The molecule has 0 saturated heterocycles. The molecule has 1 saturated carbocycles. The fraction of sp³-hybridized carbons (Fsp3) is 0.500. The van der Waals surface area contributed by atoms with Gasteiger partial charge in [-0.2, -0.15) is 5.10 Å². The second kappa shape index (κ2) is 6.46. The smallest absolute Gasteiger partial charge is 0.339 e.